The maximum Gasteiger partial charge on any atom is 0.289 e. The third kappa shape index (κ3) is 2.98. The summed E-state index contributed by atoms with van der Waals surface area (Å²) < 4.78 is 15.0. The number of piperazine rings is 1. The average molecular weight is 364 g/mol. The summed E-state index contributed by atoms with van der Waals surface area (Å²) in [5, 5.41) is 11.2. The van der Waals surface area contributed by atoms with Gasteiger partial charge >= 0.3 is 0 Å². The van der Waals surface area contributed by atoms with E-state index in [0.29, 0.717) is 38.3 Å². The Morgan fingerprint density at radius 2 is 1.88 bits per heavy atom. The standard InChI is InChI=1S/C17H25FN6O2/c1-10(2)19-16(25)15-21-20-14-13-9-23(17(26)11-7-12(18)8-11)4-3-22(13)5-6-24(14)15/h10-13H,3-9H2,1-2H3,(H,19,25). The van der Waals surface area contributed by atoms with E-state index >= 15 is 0 Å². The molecule has 3 aliphatic rings. The fraction of sp³-hybridized carbons (Fsp3) is 0.765. The van der Waals surface area contributed by atoms with Gasteiger partial charge in [-0.2, -0.15) is 0 Å². The highest BCUT2D eigenvalue weighted by Crippen LogP contribution is 2.34. The Kier molecular flexibility index (Phi) is 4.42. The van der Waals surface area contributed by atoms with Crippen molar-refractivity contribution in [1.29, 1.82) is 0 Å². The van der Waals surface area contributed by atoms with Crippen LogP contribution in [-0.4, -0.2) is 74.8 Å². The molecule has 9 heteroatoms. The van der Waals surface area contributed by atoms with Gasteiger partial charge in [-0.05, 0) is 26.7 Å². The molecule has 1 aliphatic carbocycles. The number of alkyl halides is 1. The Hall–Kier alpha value is -2.03. The highest BCUT2D eigenvalue weighted by Gasteiger charge is 2.42. The molecule has 1 saturated heterocycles. The summed E-state index contributed by atoms with van der Waals surface area (Å²) in [6, 6.07) is -0.0315. The van der Waals surface area contributed by atoms with Gasteiger partial charge in [-0.3, -0.25) is 14.5 Å². The molecule has 0 spiro atoms. The number of hydrogen-bond donors (Lipinski definition) is 1. The van der Waals surface area contributed by atoms with E-state index in [0.717, 1.165) is 18.9 Å². The van der Waals surface area contributed by atoms with Gasteiger partial charge in [0.25, 0.3) is 5.91 Å². The summed E-state index contributed by atoms with van der Waals surface area (Å²) in [6.45, 7) is 7.23. The lowest BCUT2D eigenvalue weighted by Crippen LogP contribution is -2.55. The molecule has 1 N–H and O–H groups in total. The number of aromatic nitrogens is 3. The zero-order chi connectivity index (χ0) is 18.4. The number of halogens is 1. The fourth-order valence-electron chi connectivity index (χ4n) is 4.05. The molecule has 2 amide bonds. The van der Waals surface area contributed by atoms with Gasteiger partial charge in [0.15, 0.2) is 5.82 Å². The summed E-state index contributed by atoms with van der Waals surface area (Å²) in [5.74, 6) is 0.716. The average Bonchev–Trinajstić information content (AvgIpc) is 3.02. The lowest BCUT2D eigenvalue weighted by Gasteiger charge is -2.45. The molecule has 26 heavy (non-hydrogen) atoms. The van der Waals surface area contributed by atoms with Crippen molar-refractivity contribution in [2.75, 3.05) is 26.2 Å². The Bertz CT molecular complexity index is 714. The molecule has 1 atom stereocenters. The highest BCUT2D eigenvalue weighted by molar-refractivity contribution is 5.90. The van der Waals surface area contributed by atoms with Gasteiger partial charge in [0.1, 0.15) is 6.17 Å². The van der Waals surface area contributed by atoms with E-state index in [1.54, 1.807) is 0 Å². The number of carbonyl (C=O) groups is 2. The molecule has 2 aliphatic heterocycles. The molecule has 4 rings (SSSR count). The first-order chi connectivity index (χ1) is 12.4. The van der Waals surface area contributed by atoms with Gasteiger partial charge in [0, 0.05) is 44.7 Å². The number of amides is 2. The van der Waals surface area contributed by atoms with Crippen molar-refractivity contribution in [3.63, 3.8) is 0 Å². The molecule has 1 aromatic heterocycles. The van der Waals surface area contributed by atoms with E-state index in [1.807, 2.05) is 23.3 Å². The molecule has 0 aromatic carbocycles. The largest absolute Gasteiger partial charge is 0.347 e. The molecule has 142 valence electrons. The van der Waals surface area contributed by atoms with E-state index in [2.05, 4.69) is 20.4 Å². The Morgan fingerprint density at radius 1 is 1.15 bits per heavy atom. The van der Waals surface area contributed by atoms with Crippen LogP contribution in [0.3, 0.4) is 0 Å². The lowest BCUT2D eigenvalue weighted by molar-refractivity contribution is -0.144. The first kappa shape index (κ1) is 17.4. The molecule has 8 nitrogen and oxygen atoms in total. The van der Waals surface area contributed by atoms with Crippen LogP contribution in [0.4, 0.5) is 4.39 Å². The summed E-state index contributed by atoms with van der Waals surface area (Å²) in [5.41, 5.74) is 0. The van der Waals surface area contributed by atoms with Gasteiger partial charge < -0.3 is 14.8 Å². The predicted molar refractivity (Wildman–Crippen MR) is 91.1 cm³/mol. The molecular formula is C17H25FN6O2. The summed E-state index contributed by atoms with van der Waals surface area (Å²) >= 11 is 0. The van der Waals surface area contributed by atoms with Crippen LogP contribution in [0.1, 0.15) is 49.2 Å². The molecule has 1 unspecified atom stereocenters. The number of nitrogens with zero attached hydrogens (tertiary/aromatic N) is 5. The number of carbonyl (C=O) groups excluding carboxylic acids is 2. The quantitative estimate of drug-likeness (QED) is 0.838. The van der Waals surface area contributed by atoms with Crippen molar-refractivity contribution in [3.8, 4) is 0 Å². The van der Waals surface area contributed by atoms with Gasteiger partial charge in [-0.1, -0.05) is 0 Å². The van der Waals surface area contributed by atoms with Crippen LogP contribution in [0.25, 0.3) is 0 Å². The van der Waals surface area contributed by atoms with Crippen molar-refractivity contribution < 1.29 is 14.0 Å². The zero-order valence-electron chi connectivity index (χ0n) is 15.2. The number of hydrogen-bond acceptors (Lipinski definition) is 5. The second-order valence-electron chi connectivity index (χ2n) is 7.76. The molecule has 0 radical (unpaired) electrons. The smallest absolute Gasteiger partial charge is 0.289 e. The maximum atomic E-state index is 13.1. The Labute approximate surface area is 151 Å². The monoisotopic (exact) mass is 364 g/mol. The molecule has 1 saturated carbocycles. The zero-order valence-corrected chi connectivity index (χ0v) is 15.2. The van der Waals surface area contributed by atoms with Gasteiger partial charge in [0.2, 0.25) is 11.7 Å². The van der Waals surface area contributed by atoms with Gasteiger partial charge in [0.05, 0.1) is 6.04 Å². The van der Waals surface area contributed by atoms with E-state index in [9.17, 15) is 14.0 Å². The molecule has 1 aromatic rings. The van der Waals surface area contributed by atoms with E-state index in [4.69, 9.17) is 0 Å². The summed E-state index contributed by atoms with van der Waals surface area (Å²) in [6.07, 6.45) is -0.135. The van der Waals surface area contributed by atoms with E-state index < -0.39 is 6.17 Å². The number of nitrogens with one attached hydrogen (secondary N) is 1. The SMILES string of the molecule is CC(C)NC(=O)c1nnc2n1CCN1CCN(C(=O)C3CC(F)C3)CC21. The summed E-state index contributed by atoms with van der Waals surface area (Å²) in [4.78, 5) is 29.0. The lowest BCUT2D eigenvalue weighted by atomic mass is 9.82. The highest BCUT2D eigenvalue weighted by atomic mass is 19.1. The van der Waals surface area contributed by atoms with E-state index in [-0.39, 0.29) is 29.8 Å². The first-order valence-electron chi connectivity index (χ1n) is 9.35. The topological polar surface area (TPSA) is 83.4 Å². The third-order valence-corrected chi connectivity index (χ3v) is 5.54. The van der Waals surface area contributed by atoms with Crippen LogP contribution in [-0.2, 0) is 11.3 Å². The van der Waals surface area contributed by atoms with Crippen LogP contribution in [0.5, 0.6) is 0 Å². The fourth-order valence-corrected chi connectivity index (χ4v) is 4.05. The third-order valence-electron chi connectivity index (χ3n) is 5.54. The van der Waals surface area contributed by atoms with Crippen molar-refractivity contribution in [3.05, 3.63) is 11.6 Å². The van der Waals surface area contributed by atoms with E-state index in [1.165, 1.54) is 0 Å². The van der Waals surface area contributed by atoms with Crippen molar-refractivity contribution in [1.82, 2.24) is 29.9 Å². The molecule has 3 heterocycles. The number of rotatable bonds is 3. The molecular weight excluding hydrogens is 339 g/mol. The minimum atomic E-state index is -0.829. The van der Waals surface area contributed by atoms with Crippen LogP contribution < -0.4 is 5.32 Å². The van der Waals surface area contributed by atoms with Gasteiger partial charge in [-0.15, -0.1) is 10.2 Å². The predicted octanol–water partition coefficient (Wildman–Crippen LogP) is 0.363. The van der Waals surface area contributed by atoms with Crippen LogP contribution in [0.15, 0.2) is 0 Å². The second-order valence-corrected chi connectivity index (χ2v) is 7.76. The minimum absolute atomic E-state index is 0.0279. The number of fused-ring (bicyclic) bond motifs is 3. The van der Waals surface area contributed by atoms with Gasteiger partial charge in [-0.25, -0.2) is 4.39 Å². The molecule has 0 bridgehead atoms. The van der Waals surface area contributed by atoms with Crippen LogP contribution in [0, 0.1) is 5.92 Å². The summed E-state index contributed by atoms with van der Waals surface area (Å²) in [7, 11) is 0. The van der Waals surface area contributed by atoms with Crippen LogP contribution >= 0.6 is 0 Å². The first-order valence-corrected chi connectivity index (χ1v) is 9.35. The van der Waals surface area contributed by atoms with Crippen molar-refractivity contribution >= 4 is 11.8 Å². The molecule has 2 fully saturated rings. The second kappa shape index (κ2) is 6.61. The Balaban J connectivity index is 1.51. The normalized spacial score (nSPS) is 28.3. The maximum absolute atomic E-state index is 13.1. The minimum Gasteiger partial charge on any atom is -0.347 e. The van der Waals surface area contributed by atoms with Crippen molar-refractivity contribution in [2.24, 2.45) is 5.92 Å². The van der Waals surface area contributed by atoms with Crippen LogP contribution in [0.2, 0.25) is 0 Å². The van der Waals surface area contributed by atoms with Crippen molar-refractivity contribution in [2.45, 2.75) is 51.5 Å². The Morgan fingerprint density at radius 3 is 2.58 bits per heavy atom.